The molecule has 0 radical (unpaired) electrons. The molecule has 1 heterocycles. The van der Waals surface area contributed by atoms with Gasteiger partial charge >= 0.3 is 6.09 Å². The summed E-state index contributed by atoms with van der Waals surface area (Å²) >= 11 is 0. The van der Waals surface area contributed by atoms with E-state index in [0.29, 0.717) is 38.2 Å². The lowest BCUT2D eigenvalue weighted by Crippen LogP contribution is -2.37. The maximum atomic E-state index is 12.7. The van der Waals surface area contributed by atoms with Crippen LogP contribution in [0.5, 0.6) is 0 Å². The van der Waals surface area contributed by atoms with Crippen molar-refractivity contribution >= 4 is 22.0 Å². The molecule has 1 aromatic rings. The van der Waals surface area contributed by atoms with E-state index in [1.54, 1.807) is 23.6 Å². The van der Waals surface area contributed by atoms with Crippen LogP contribution in [0.1, 0.15) is 30.6 Å². The molecule has 1 aliphatic rings. The minimum Gasteiger partial charge on any atom is -0.453 e. The summed E-state index contributed by atoms with van der Waals surface area (Å²) in [5.41, 5.74) is 0.417. The first kappa shape index (κ1) is 20.2. The number of carbonyl (C=O) groups is 2. The molecule has 0 aliphatic carbocycles. The highest BCUT2D eigenvalue weighted by molar-refractivity contribution is 7.89. The van der Waals surface area contributed by atoms with E-state index in [-0.39, 0.29) is 16.8 Å². The molecule has 144 valence electrons. The van der Waals surface area contributed by atoms with Gasteiger partial charge in [-0.1, -0.05) is 0 Å². The average Bonchev–Trinajstić information content (AvgIpc) is 2.85. The van der Waals surface area contributed by atoms with E-state index >= 15 is 0 Å². The molecule has 1 fully saturated rings. The van der Waals surface area contributed by atoms with Crippen molar-refractivity contribution in [2.24, 2.45) is 0 Å². The number of benzene rings is 1. The summed E-state index contributed by atoms with van der Waals surface area (Å²) in [7, 11) is -2.25. The largest absolute Gasteiger partial charge is 0.453 e. The van der Waals surface area contributed by atoms with Crippen molar-refractivity contribution in [1.82, 2.24) is 14.5 Å². The molecule has 26 heavy (non-hydrogen) atoms. The Kier molecular flexibility index (Phi) is 6.60. The maximum absolute atomic E-state index is 12.7. The maximum Gasteiger partial charge on any atom is 0.409 e. The molecule has 1 N–H and O–H groups in total. The van der Waals surface area contributed by atoms with Crippen LogP contribution < -0.4 is 4.72 Å². The minimum atomic E-state index is -3.59. The van der Waals surface area contributed by atoms with E-state index in [0.717, 1.165) is 0 Å². The number of methoxy groups -OCH3 is 1. The Labute approximate surface area is 154 Å². The van der Waals surface area contributed by atoms with Gasteiger partial charge in [-0.3, -0.25) is 4.79 Å². The van der Waals surface area contributed by atoms with Gasteiger partial charge in [0, 0.05) is 37.8 Å². The Morgan fingerprint density at radius 3 is 2.19 bits per heavy atom. The molecule has 0 bridgehead atoms. The second kappa shape index (κ2) is 8.50. The quantitative estimate of drug-likeness (QED) is 0.845. The number of ether oxygens (including phenoxy) is 1. The lowest BCUT2D eigenvalue weighted by molar-refractivity contribution is 0.0757. The molecule has 0 spiro atoms. The fourth-order valence-electron chi connectivity index (χ4n) is 2.77. The first-order valence-electron chi connectivity index (χ1n) is 8.49. The van der Waals surface area contributed by atoms with Crippen LogP contribution >= 0.6 is 0 Å². The third kappa shape index (κ3) is 4.95. The molecule has 9 heteroatoms. The van der Waals surface area contributed by atoms with Gasteiger partial charge in [0.15, 0.2) is 0 Å². The lowest BCUT2D eigenvalue weighted by atomic mass is 10.2. The highest BCUT2D eigenvalue weighted by Gasteiger charge is 2.23. The monoisotopic (exact) mass is 383 g/mol. The van der Waals surface area contributed by atoms with Gasteiger partial charge in [-0.15, -0.1) is 0 Å². The number of hydrogen-bond acceptors (Lipinski definition) is 5. The third-order valence-corrected chi connectivity index (χ3v) is 5.69. The summed E-state index contributed by atoms with van der Waals surface area (Å²) in [6, 6.07) is 5.67. The molecule has 1 aromatic carbocycles. The predicted molar refractivity (Wildman–Crippen MR) is 96.4 cm³/mol. The van der Waals surface area contributed by atoms with E-state index in [1.807, 2.05) is 0 Å². The number of nitrogens with one attached hydrogen (secondary N) is 1. The normalized spacial score (nSPS) is 15.7. The van der Waals surface area contributed by atoms with E-state index in [4.69, 9.17) is 4.74 Å². The molecule has 0 atom stereocenters. The van der Waals surface area contributed by atoms with Gasteiger partial charge in [-0.2, -0.15) is 0 Å². The Hall–Kier alpha value is -2.13. The first-order chi connectivity index (χ1) is 12.2. The highest BCUT2D eigenvalue weighted by Crippen LogP contribution is 2.14. The van der Waals surface area contributed by atoms with Crippen molar-refractivity contribution < 1.29 is 22.7 Å². The van der Waals surface area contributed by atoms with Gasteiger partial charge in [0.1, 0.15) is 0 Å². The van der Waals surface area contributed by atoms with Crippen LogP contribution in [0.3, 0.4) is 0 Å². The molecular formula is C17H25N3O5S. The molecule has 2 amide bonds. The van der Waals surface area contributed by atoms with Crippen LogP contribution in [0.15, 0.2) is 29.2 Å². The molecule has 0 saturated carbocycles. The highest BCUT2D eigenvalue weighted by atomic mass is 32.2. The van der Waals surface area contributed by atoms with Crippen LogP contribution in [-0.4, -0.2) is 69.5 Å². The summed E-state index contributed by atoms with van der Waals surface area (Å²) in [6.45, 7) is 5.36. The van der Waals surface area contributed by atoms with Crippen LogP contribution in [0.2, 0.25) is 0 Å². The number of nitrogens with zero attached hydrogens (tertiary/aromatic N) is 2. The Bertz CT molecular complexity index is 746. The van der Waals surface area contributed by atoms with Gasteiger partial charge < -0.3 is 14.5 Å². The molecule has 1 saturated heterocycles. The molecule has 1 aliphatic heterocycles. The summed E-state index contributed by atoms with van der Waals surface area (Å²) in [6.07, 6.45) is 0.262. The zero-order valence-corrected chi connectivity index (χ0v) is 16.1. The summed E-state index contributed by atoms with van der Waals surface area (Å²) in [5.74, 6) is -0.183. The summed E-state index contributed by atoms with van der Waals surface area (Å²) in [4.78, 5) is 27.6. The summed E-state index contributed by atoms with van der Waals surface area (Å²) < 4.78 is 31.5. The van der Waals surface area contributed by atoms with Gasteiger partial charge in [0.2, 0.25) is 10.0 Å². The van der Waals surface area contributed by atoms with Crippen molar-refractivity contribution in [3.63, 3.8) is 0 Å². The second-order valence-corrected chi connectivity index (χ2v) is 8.12. The van der Waals surface area contributed by atoms with Crippen LogP contribution in [-0.2, 0) is 14.8 Å². The fourth-order valence-corrected chi connectivity index (χ4v) is 4.02. The molecular weight excluding hydrogens is 358 g/mol. The number of carbonyl (C=O) groups excluding carboxylic acids is 2. The molecule has 8 nitrogen and oxygen atoms in total. The summed E-state index contributed by atoms with van der Waals surface area (Å²) in [5, 5.41) is 0. The van der Waals surface area contributed by atoms with Crippen LogP contribution in [0.4, 0.5) is 4.79 Å². The number of amides is 2. The number of hydrogen-bond donors (Lipinski definition) is 1. The first-order valence-corrected chi connectivity index (χ1v) is 9.97. The van der Waals surface area contributed by atoms with Gasteiger partial charge in [-0.05, 0) is 44.5 Å². The zero-order chi connectivity index (χ0) is 19.3. The van der Waals surface area contributed by atoms with E-state index < -0.39 is 16.1 Å². The van der Waals surface area contributed by atoms with Crippen molar-refractivity contribution in [2.45, 2.75) is 31.2 Å². The minimum absolute atomic E-state index is 0.121. The van der Waals surface area contributed by atoms with Crippen molar-refractivity contribution in [1.29, 1.82) is 0 Å². The average molecular weight is 383 g/mol. The molecule has 2 rings (SSSR count). The van der Waals surface area contributed by atoms with E-state index in [9.17, 15) is 18.0 Å². The topological polar surface area (TPSA) is 96.0 Å². The van der Waals surface area contributed by atoms with Gasteiger partial charge in [-0.25, -0.2) is 17.9 Å². The third-order valence-electron chi connectivity index (χ3n) is 4.02. The Morgan fingerprint density at radius 2 is 1.62 bits per heavy atom. The zero-order valence-electron chi connectivity index (χ0n) is 15.3. The van der Waals surface area contributed by atoms with Gasteiger partial charge in [0.05, 0.1) is 12.0 Å². The smallest absolute Gasteiger partial charge is 0.409 e. The van der Waals surface area contributed by atoms with Crippen molar-refractivity contribution in [3.8, 4) is 0 Å². The van der Waals surface area contributed by atoms with Crippen molar-refractivity contribution in [3.05, 3.63) is 29.8 Å². The number of rotatable bonds is 4. The fraction of sp³-hybridized carbons (Fsp3) is 0.529. The van der Waals surface area contributed by atoms with Crippen LogP contribution in [0, 0.1) is 0 Å². The van der Waals surface area contributed by atoms with Crippen molar-refractivity contribution in [2.75, 3.05) is 33.3 Å². The predicted octanol–water partition coefficient (Wildman–Crippen LogP) is 1.29. The number of sulfonamides is 1. The van der Waals surface area contributed by atoms with Crippen LogP contribution in [0.25, 0.3) is 0 Å². The SMILES string of the molecule is COC(=O)N1CCCN(C(=O)c2ccc(S(=O)(=O)NC(C)C)cc2)CC1. The van der Waals surface area contributed by atoms with Gasteiger partial charge in [0.25, 0.3) is 5.91 Å². The van der Waals surface area contributed by atoms with E-state index in [1.165, 1.54) is 31.4 Å². The molecule has 0 aromatic heterocycles. The lowest BCUT2D eigenvalue weighted by Gasteiger charge is -2.21. The Balaban J connectivity index is 2.07. The Morgan fingerprint density at radius 1 is 1.04 bits per heavy atom. The second-order valence-electron chi connectivity index (χ2n) is 6.40. The standard InChI is InChI=1S/C17H25N3O5S/c1-13(2)18-26(23,24)15-7-5-14(6-8-15)16(21)19-9-4-10-20(12-11-19)17(22)25-3/h5-8,13,18H,4,9-12H2,1-3H3. The van der Waals surface area contributed by atoms with E-state index in [2.05, 4.69) is 4.72 Å². The molecule has 0 unspecified atom stereocenters.